The second kappa shape index (κ2) is 6.95. The summed E-state index contributed by atoms with van der Waals surface area (Å²) in [5.74, 6) is 0.494. The first-order chi connectivity index (χ1) is 11.6. The highest BCUT2D eigenvalue weighted by Crippen LogP contribution is 2.23. The molecular formula is C18H23N5O. The van der Waals surface area contributed by atoms with Crippen molar-refractivity contribution in [1.29, 1.82) is 0 Å². The number of nitrogens with one attached hydrogen (secondary N) is 1. The normalized spacial score (nSPS) is 17.4. The Balaban J connectivity index is 1.73. The molecule has 1 atom stereocenters. The van der Waals surface area contributed by atoms with Crippen LogP contribution in [0.15, 0.2) is 24.3 Å². The lowest BCUT2D eigenvalue weighted by Gasteiger charge is -2.17. The zero-order valence-corrected chi connectivity index (χ0v) is 14.4. The van der Waals surface area contributed by atoms with Gasteiger partial charge in [-0.05, 0) is 38.3 Å². The maximum atomic E-state index is 12.7. The third-order valence-electron chi connectivity index (χ3n) is 4.36. The molecule has 1 fully saturated rings. The molecule has 1 N–H and O–H groups in total. The molecule has 1 aromatic heterocycles. The van der Waals surface area contributed by atoms with E-state index < -0.39 is 0 Å². The summed E-state index contributed by atoms with van der Waals surface area (Å²) in [5.41, 5.74) is 3.98. The Morgan fingerprint density at radius 3 is 2.50 bits per heavy atom. The van der Waals surface area contributed by atoms with Gasteiger partial charge in [-0.2, -0.15) is 5.10 Å². The molecule has 0 saturated carbocycles. The minimum absolute atomic E-state index is 0.0556. The van der Waals surface area contributed by atoms with Crippen LogP contribution in [-0.4, -0.2) is 33.7 Å². The summed E-state index contributed by atoms with van der Waals surface area (Å²) in [6, 6.07) is 7.71. The van der Waals surface area contributed by atoms with Crippen molar-refractivity contribution in [3.8, 4) is 0 Å². The number of amides is 1. The number of hydrogen-bond donors (Lipinski definition) is 1. The molecule has 1 saturated heterocycles. The van der Waals surface area contributed by atoms with Gasteiger partial charge in [0.25, 0.3) is 0 Å². The van der Waals surface area contributed by atoms with Gasteiger partial charge < -0.3 is 10.2 Å². The van der Waals surface area contributed by atoms with Crippen LogP contribution >= 0.6 is 0 Å². The SMILES string of the molecule is CCc1nnc(NC2CCN(c3ccc(C)cc3)C2=O)nc1CC. The number of rotatable bonds is 5. The number of carbonyl (C=O) groups excluding carboxylic acids is 1. The molecule has 24 heavy (non-hydrogen) atoms. The Labute approximate surface area is 142 Å². The molecule has 1 aromatic carbocycles. The van der Waals surface area contributed by atoms with Gasteiger partial charge in [-0.1, -0.05) is 31.5 Å². The molecule has 0 spiro atoms. The van der Waals surface area contributed by atoms with Gasteiger partial charge in [-0.3, -0.25) is 4.79 Å². The lowest BCUT2D eigenvalue weighted by molar-refractivity contribution is -0.117. The number of aromatic nitrogens is 3. The summed E-state index contributed by atoms with van der Waals surface area (Å²) in [4.78, 5) is 19.0. The molecule has 1 unspecified atom stereocenters. The van der Waals surface area contributed by atoms with Crippen LogP contribution in [0.1, 0.15) is 37.2 Å². The third kappa shape index (κ3) is 3.22. The predicted octanol–water partition coefficient (Wildman–Crippen LogP) is 2.52. The zero-order chi connectivity index (χ0) is 17.1. The van der Waals surface area contributed by atoms with E-state index in [0.717, 1.165) is 36.3 Å². The molecule has 3 rings (SSSR count). The van der Waals surface area contributed by atoms with Crippen molar-refractivity contribution in [2.75, 3.05) is 16.8 Å². The van der Waals surface area contributed by atoms with Crippen LogP contribution in [0.2, 0.25) is 0 Å². The van der Waals surface area contributed by atoms with E-state index in [1.165, 1.54) is 5.56 Å². The van der Waals surface area contributed by atoms with Crippen LogP contribution in [0.5, 0.6) is 0 Å². The van der Waals surface area contributed by atoms with E-state index in [1.54, 1.807) is 0 Å². The van der Waals surface area contributed by atoms with Gasteiger partial charge in [0, 0.05) is 12.2 Å². The van der Waals surface area contributed by atoms with Crippen molar-refractivity contribution in [3.63, 3.8) is 0 Å². The molecule has 1 aliphatic heterocycles. The molecule has 6 nitrogen and oxygen atoms in total. The predicted molar refractivity (Wildman–Crippen MR) is 94.1 cm³/mol. The Morgan fingerprint density at radius 1 is 1.12 bits per heavy atom. The van der Waals surface area contributed by atoms with Gasteiger partial charge in [0.15, 0.2) is 0 Å². The van der Waals surface area contributed by atoms with Crippen LogP contribution in [0, 0.1) is 6.92 Å². The second-order valence-electron chi connectivity index (χ2n) is 6.05. The molecule has 0 bridgehead atoms. The van der Waals surface area contributed by atoms with Gasteiger partial charge >= 0.3 is 0 Å². The standard InChI is InChI=1S/C18H23N5O/c1-4-14-15(5-2)21-22-18(19-14)20-16-10-11-23(17(16)24)13-8-6-12(3)7-9-13/h6-9,16H,4-5,10-11H2,1-3H3,(H,19,20,22). The van der Waals surface area contributed by atoms with Crippen molar-refractivity contribution >= 4 is 17.5 Å². The first-order valence-corrected chi connectivity index (χ1v) is 8.49. The van der Waals surface area contributed by atoms with Gasteiger partial charge in [-0.15, -0.1) is 5.10 Å². The molecule has 2 heterocycles. The number of anilines is 2. The summed E-state index contributed by atoms with van der Waals surface area (Å²) in [6.07, 6.45) is 2.35. The number of nitrogens with zero attached hydrogens (tertiary/aromatic N) is 4. The maximum Gasteiger partial charge on any atom is 0.249 e. The molecule has 6 heteroatoms. The monoisotopic (exact) mass is 325 g/mol. The van der Waals surface area contributed by atoms with Crippen LogP contribution in [0.4, 0.5) is 11.6 Å². The fourth-order valence-electron chi connectivity index (χ4n) is 2.95. The Hall–Kier alpha value is -2.50. The summed E-state index contributed by atoms with van der Waals surface area (Å²) < 4.78 is 0. The minimum Gasteiger partial charge on any atom is -0.341 e. The number of hydrogen-bond acceptors (Lipinski definition) is 5. The highest BCUT2D eigenvalue weighted by molar-refractivity contribution is 6.00. The van der Waals surface area contributed by atoms with E-state index >= 15 is 0 Å². The van der Waals surface area contributed by atoms with Gasteiger partial charge in [0.1, 0.15) is 6.04 Å². The van der Waals surface area contributed by atoms with E-state index in [-0.39, 0.29) is 11.9 Å². The first-order valence-electron chi connectivity index (χ1n) is 8.49. The average molecular weight is 325 g/mol. The molecule has 2 aromatic rings. The molecule has 0 radical (unpaired) electrons. The summed E-state index contributed by atoms with van der Waals surface area (Å²) >= 11 is 0. The number of benzene rings is 1. The zero-order valence-electron chi connectivity index (χ0n) is 14.4. The average Bonchev–Trinajstić information content (AvgIpc) is 2.96. The molecule has 1 aliphatic rings. The smallest absolute Gasteiger partial charge is 0.249 e. The van der Waals surface area contributed by atoms with Crippen molar-refractivity contribution in [2.45, 2.75) is 46.1 Å². The van der Waals surface area contributed by atoms with Crippen molar-refractivity contribution in [1.82, 2.24) is 15.2 Å². The number of carbonyl (C=O) groups is 1. The van der Waals surface area contributed by atoms with Crippen LogP contribution in [-0.2, 0) is 17.6 Å². The quantitative estimate of drug-likeness (QED) is 0.914. The summed E-state index contributed by atoms with van der Waals surface area (Å²) in [7, 11) is 0. The largest absolute Gasteiger partial charge is 0.341 e. The maximum absolute atomic E-state index is 12.7. The molecular weight excluding hydrogens is 302 g/mol. The lowest BCUT2D eigenvalue weighted by Crippen LogP contribution is -2.34. The van der Waals surface area contributed by atoms with E-state index in [2.05, 4.69) is 20.5 Å². The van der Waals surface area contributed by atoms with Gasteiger partial charge in [0.05, 0.1) is 11.4 Å². The van der Waals surface area contributed by atoms with E-state index in [9.17, 15) is 4.79 Å². The van der Waals surface area contributed by atoms with E-state index in [0.29, 0.717) is 12.5 Å². The van der Waals surface area contributed by atoms with Crippen LogP contribution < -0.4 is 10.2 Å². The minimum atomic E-state index is -0.301. The molecule has 0 aliphatic carbocycles. The number of aryl methyl sites for hydroxylation is 3. The molecule has 126 valence electrons. The van der Waals surface area contributed by atoms with Gasteiger partial charge in [0.2, 0.25) is 11.9 Å². The highest BCUT2D eigenvalue weighted by atomic mass is 16.2. The highest BCUT2D eigenvalue weighted by Gasteiger charge is 2.33. The lowest BCUT2D eigenvalue weighted by atomic mass is 10.2. The van der Waals surface area contributed by atoms with Crippen molar-refractivity contribution in [2.24, 2.45) is 0 Å². The Kier molecular flexibility index (Phi) is 4.74. The Bertz CT molecular complexity index is 729. The Morgan fingerprint density at radius 2 is 1.83 bits per heavy atom. The fraction of sp³-hybridized carbons (Fsp3) is 0.444. The summed E-state index contributed by atoms with van der Waals surface area (Å²) in [6.45, 7) is 6.82. The van der Waals surface area contributed by atoms with Crippen molar-refractivity contribution in [3.05, 3.63) is 41.2 Å². The third-order valence-corrected chi connectivity index (χ3v) is 4.36. The van der Waals surface area contributed by atoms with Gasteiger partial charge in [-0.25, -0.2) is 4.98 Å². The van der Waals surface area contributed by atoms with Crippen LogP contribution in [0.3, 0.4) is 0 Å². The van der Waals surface area contributed by atoms with Crippen molar-refractivity contribution < 1.29 is 4.79 Å². The summed E-state index contributed by atoms with van der Waals surface area (Å²) in [5, 5.41) is 11.5. The van der Waals surface area contributed by atoms with E-state index in [4.69, 9.17) is 0 Å². The molecule has 1 amide bonds. The first kappa shape index (κ1) is 16.4. The van der Waals surface area contributed by atoms with Crippen LogP contribution in [0.25, 0.3) is 0 Å². The second-order valence-corrected chi connectivity index (χ2v) is 6.05. The van der Waals surface area contributed by atoms with E-state index in [1.807, 2.05) is 49.9 Å². The fourth-order valence-corrected chi connectivity index (χ4v) is 2.95. The topological polar surface area (TPSA) is 71.0 Å².